The third-order valence-corrected chi connectivity index (χ3v) is 4.00. The summed E-state index contributed by atoms with van der Waals surface area (Å²) in [6.45, 7) is 0.500. The van der Waals surface area contributed by atoms with Crippen molar-refractivity contribution in [2.24, 2.45) is 0 Å². The van der Waals surface area contributed by atoms with Gasteiger partial charge >= 0.3 is 0 Å². The third kappa shape index (κ3) is 2.54. The van der Waals surface area contributed by atoms with Crippen molar-refractivity contribution in [3.63, 3.8) is 0 Å². The van der Waals surface area contributed by atoms with Crippen molar-refractivity contribution in [2.45, 2.75) is 24.8 Å². The molecular formula is C14H17F2N3. The van der Waals surface area contributed by atoms with E-state index in [1.807, 2.05) is 14.1 Å². The summed E-state index contributed by atoms with van der Waals surface area (Å²) >= 11 is 0. The van der Waals surface area contributed by atoms with Gasteiger partial charge in [0.1, 0.15) is 5.69 Å². The Balaban J connectivity index is 2.14. The molecule has 1 aliphatic rings. The van der Waals surface area contributed by atoms with Gasteiger partial charge in [-0.3, -0.25) is 0 Å². The Bertz CT molecular complexity index is 493. The Hall–Kier alpha value is -1.67. The largest absolute Gasteiger partial charge is 0.378 e. The van der Waals surface area contributed by atoms with Crippen LogP contribution < -0.4 is 5.32 Å². The number of benzene rings is 1. The van der Waals surface area contributed by atoms with Crippen LogP contribution in [0.15, 0.2) is 12.1 Å². The zero-order chi connectivity index (χ0) is 14.0. The van der Waals surface area contributed by atoms with Crippen molar-refractivity contribution < 1.29 is 8.78 Å². The average Bonchev–Trinajstić information content (AvgIpc) is 2.29. The van der Waals surface area contributed by atoms with Crippen LogP contribution in [0.2, 0.25) is 0 Å². The van der Waals surface area contributed by atoms with Crippen LogP contribution in [0, 0.1) is 23.0 Å². The average molecular weight is 265 g/mol. The predicted molar refractivity (Wildman–Crippen MR) is 69.8 cm³/mol. The fourth-order valence-electron chi connectivity index (χ4n) is 2.43. The first-order chi connectivity index (χ1) is 8.98. The Morgan fingerprint density at radius 1 is 1.32 bits per heavy atom. The molecule has 0 spiro atoms. The van der Waals surface area contributed by atoms with Crippen LogP contribution in [0.25, 0.3) is 0 Å². The monoisotopic (exact) mass is 265 g/mol. The summed E-state index contributed by atoms with van der Waals surface area (Å²) < 4.78 is 27.5. The van der Waals surface area contributed by atoms with Gasteiger partial charge in [0.05, 0.1) is 11.6 Å². The highest BCUT2D eigenvalue weighted by molar-refractivity contribution is 5.50. The van der Waals surface area contributed by atoms with E-state index < -0.39 is 11.6 Å². The van der Waals surface area contributed by atoms with E-state index >= 15 is 0 Å². The molecule has 0 aromatic heterocycles. The maximum absolute atomic E-state index is 13.7. The third-order valence-electron chi connectivity index (χ3n) is 4.00. The lowest BCUT2D eigenvalue weighted by Gasteiger charge is -2.47. The summed E-state index contributed by atoms with van der Waals surface area (Å²) in [5, 5.41) is 11.5. The molecule has 0 heterocycles. The molecule has 102 valence electrons. The fraction of sp³-hybridized carbons (Fsp3) is 0.500. The van der Waals surface area contributed by atoms with Crippen LogP contribution in [-0.2, 0) is 0 Å². The molecule has 1 N–H and O–H groups in total. The van der Waals surface area contributed by atoms with E-state index in [4.69, 9.17) is 5.26 Å². The van der Waals surface area contributed by atoms with Crippen molar-refractivity contribution in [3.8, 4) is 6.07 Å². The van der Waals surface area contributed by atoms with E-state index in [1.165, 1.54) is 0 Å². The molecule has 0 amide bonds. The van der Waals surface area contributed by atoms with Crippen LogP contribution in [0.4, 0.5) is 14.5 Å². The number of rotatable bonds is 4. The molecule has 1 aromatic rings. The van der Waals surface area contributed by atoms with Crippen molar-refractivity contribution in [2.75, 3.05) is 26.0 Å². The summed E-state index contributed by atoms with van der Waals surface area (Å²) in [4.78, 5) is 2.10. The number of nitriles is 1. The predicted octanol–water partition coefficient (Wildman–Crippen LogP) is 2.73. The molecule has 0 bridgehead atoms. The minimum Gasteiger partial charge on any atom is -0.378 e. The highest BCUT2D eigenvalue weighted by atomic mass is 19.1. The zero-order valence-corrected chi connectivity index (χ0v) is 11.1. The van der Waals surface area contributed by atoms with Crippen LogP contribution in [-0.4, -0.2) is 31.1 Å². The molecule has 0 unspecified atom stereocenters. The van der Waals surface area contributed by atoms with E-state index in [-0.39, 0.29) is 16.8 Å². The molecule has 1 saturated carbocycles. The summed E-state index contributed by atoms with van der Waals surface area (Å²) in [6, 6.07) is 3.83. The smallest absolute Gasteiger partial charge is 0.150 e. The summed E-state index contributed by atoms with van der Waals surface area (Å²) in [5.74, 6) is -1.44. The first kappa shape index (κ1) is 13.8. The van der Waals surface area contributed by atoms with Gasteiger partial charge < -0.3 is 10.2 Å². The van der Waals surface area contributed by atoms with E-state index in [1.54, 1.807) is 6.07 Å². The second-order valence-corrected chi connectivity index (χ2v) is 5.25. The Morgan fingerprint density at radius 3 is 2.26 bits per heavy atom. The van der Waals surface area contributed by atoms with Crippen LogP contribution in [0.3, 0.4) is 0 Å². The van der Waals surface area contributed by atoms with Gasteiger partial charge in [-0.15, -0.1) is 0 Å². The fourth-order valence-corrected chi connectivity index (χ4v) is 2.43. The topological polar surface area (TPSA) is 39.1 Å². The molecular weight excluding hydrogens is 248 g/mol. The quantitative estimate of drug-likeness (QED) is 0.909. The molecule has 0 aliphatic heterocycles. The standard InChI is InChI=1S/C14H17F2N3/c1-19(2)14(4-3-5-14)9-18-13-11(15)6-10(8-17)7-12(13)16/h6-7,18H,3-5,9H2,1-2H3. The highest BCUT2D eigenvalue weighted by Crippen LogP contribution is 2.36. The van der Waals surface area contributed by atoms with Gasteiger partial charge in [0.15, 0.2) is 11.6 Å². The second-order valence-electron chi connectivity index (χ2n) is 5.25. The van der Waals surface area contributed by atoms with Gasteiger partial charge in [0.25, 0.3) is 0 Å². The lowest BCUT2D eigenvalue weighted by atomic mass is 9.75. The molecule has 0 saturated heterocycles. The zero-order valence-electron chi connectivity index (χ0n) is 11.1. The minimum atomic E-state index is -0.718. The lowest BCUT2D eigenvalue weighted by Crippen LogP contribution is -2.54. The Morgan fingerprint density at radius 2 is 1.89 bits per heavy atom. The van der Waals surface area contributed by atoms with Gasteiger partial charge in [-0.25, -0.2) is 8.78 Å². The summed E-state index contributed by atoms with van der Waals surface area (Å²) in [6.07, 6.45) is 3.18. The molecule has 5 heteroatoms. The van der Waals surface area contributed by atoms with Crippen molar-refractivity contribution in [1.82, 2.24) is 4.90 Å². The first-order valence-electron chi connectivity index (χ1n) is 6.29. The number of nitrogens with one attached hydrogen (secondary N) is 1. The van der Waals surface area contributed by atoms with Crippen LogP contribution in [0.1, 0.15) is 24.8 Å². The number of halogens is 2. The van der Waals surface area contributed by atoms with Crippen molar-refractivity contribution >= 4 is 5.69 Å². The molecule has 0 radical (unpaired) electrons. The molecule has 19 heavy (non-hydrogen) atoms. The van der Waals surface area contributed by atoms with Gasteiger partial charge in [0.2, 0.25) is 0 Å². The molecule has 1 aromatic carbocycles. The molecule has 3 nitrogen and oxygen atoms in total. The lowest BCUT2D eigenvalue weighted by molar-refractivity contribution is 0.0738. The second kappa shape index (κ2) is 5.14. The maximum Gasteiger partial charge on any atom is 0.150 e. The number of hydrogen-bond acceptors (Lipinski definition) is 3. The van der Waals surface area contributed by atoms with Crippen molar-refractivity contribution in [3.05, 3.63) is 29.3 Å². The Kier molecular flexibility index (Phi) is 3.72. The summed E-state index contributed by atoms with van der Waals surface area (Å²) in [5.41, 5.74) is -0.175. The van der Waals surface area contributed by atoms with E-state index in [0.29, 0.717) is 6.54 Å². The normalized spacial score (nSPS) is 16.8. The number of anilines is 1. The van der Waals surface area contributed by atoms with E-state index in [2.05, 4.69) is 10.2 Å². The van der Waals surface area contributed by atoms with E-state index in [9.17, 15) is 8.78 Å². The maximum atomic E-state index is 13.7. The minimum absolute atomic E-state index is 0.00785. The first-order valence-corrected chi connectivity index (χ1v) is 6.29. The van der Waals surface area contributed by atoms with E-state index in [0.717, 1.165) is 31.4 Å². The van der Waals surface area contributed by atoms with Gasteiger partial charge in [0, 0.05) is 12.1 Å². The SMILES string of the molecule is CN(C)C1(CNc2c(F)cc(C#N)cc2F)CCC1. The van der Waals surface area contributed by atoms with Gasteiger partial charge in [-0.05, 0) is 45.5 Å². The number of hydrogen-bond donors (Lipinski definition) is 1. The summed E-state index contributed by atoms with van der Waals surface area (Å²) in [7, 11) is 3.96. The van der Waals surface area contributed by atoms with Crippen LogP contribution in [0.5, 0.6) is 0 Å². The molecule has 0 atom stereocenters. The molecule has 1 fully saturated rings. The van der Waals surface area contributed by atoms with Gasteiger partial charge in [-0.1, -0.05) is 0 Å². The number of nitrogens with zero attached hydrogens (tertiary/aromatic N) is 2. The molecule has 1 aliphatic carbocycles. The Labute approximate surface area is 111 Å². The van der Waals surface area contributed by atoms with Crippen molar-refractivity contribution in [1.29, 1.82) is 5.26 Å². The van der Waals surface area contributed by atoms with Gasteiger partial charge in [-0.2, -0.15) is 5.26 Å². The highest BCUT2D eigenvalue weighted by Gasteiger charge is 2.39. The van der Waals surface area contributed by atoms with Crippen LogP contribution >= 0.6 is 0 Å². The molecule has 2 rings (SSSR count). The number of likely N-dealkylation sites (N-methyl/N-ethyl adjacent to an activating group) is 1.